The Kier molecular flexibility index (Phi) is 8.01. The maximum Gasteiger partial charge on any atom is 0.306 e. The summed E-state index contributed by atoms with van der Waals surface area (Å²) in [6.45, 7) is 3.52. The number of carbonyl (C=O) groups excluding carboxylic acids is 1. The van der Waals surface area contributed by atoms with Crippen molar-refractivity contribution >= 4 is 5.97 Å². The first-order valence-corrected chi connectivity index (χ1v) is 7.04. The third kappa shape index (κ3) is 6.36. The molecule has 0 bridgehead atoms. The molecule has 0 aromatic rings. The van der Waals surface area contributed by atoms with Gasteiger partial charge in [0.25, 0.3) is 0 Å². The van der Waals surface area contributed by atoms with Crippen LogP contribution in [-0.4, -0.2) is 51.3 Å². The van der Waals surface area contributed by atoms with E-state index < -0.39 is 0 Å². The smallest absolute Gasteiger partial charge is 0.306 e. The summed E-state index contributed by atoms with van der Waals surface area (Å²) in [6.07, 6.45) is 7.26. The molecule has 0 unspecified atom stereocenters. The first-order valence-electron chi connectivity index (χ1n) is 7.04. The minimum Gasteiger partial charge on any atom is -0.469 e. The van der Waals surface area contributed by atoms with E-state index in [-0.39, 0.29) is 5.97 Å². The Balaban J connectivity index is 2.30. The third-order valence-corrected chi connectivity index (χ3v) is 3.71. The summed E-state index contributed by atoms with van der Waals surface area (Å²) >= 11 is 0. The van der Waals surface area contributed by atoms with Gasteiger partial charge in [0, 0.05) is 26.7 Å². The Labute approximate surface area is 111 Å². The van der Waals surface area contributed by atoms with E-state index in [9.17, 15) is 4.79 Å². The average molecular weight is 257 g/mol. The molecule has 1 saturated carbocycles. The van der Waals surface area contributed by atoms with E-state index in [1.165, 1.54) is 39.2 Å². The number of rotatable bonds is 8. The van der Waals surface area contributed by atoms with Gasteiger partial charge in [-0.1, -0.05) is 19.3 Å². The molecule has 0 amide bonds. The first kappa shape index (κ1) is 15.4. The summed E-state index contributed by atoms with van der Waals surface area (Å²) in [4.78, 5) is 13.5. The predicted molar refractivity (Wildman–Crippen MR) is 71.5 cm³/mol. The summed E-state index contributed by atoms with van der Waals surface area (Å²) < 4.78 is 9.83. The summed E-state index contributed by atoms with van der Waals surface area (Å²) in [7, 11) is 3.17. The van der Waals surface area contributed by atoms with Gasteiger partial charge in [0.15, 0.2) is 0 Å². The average Bonchev–Trinajstić information content (AvgIpc) is 2.42. The van der Waals surface area contributed by atoms with Crippen LogP contribution in [0.1, 0.15) is 38.5 Å². The SMILES string of the molecule is COCCN(CCC(=O)OC)CC1CCCCC1. The maximum atomic E-state index is 11.2. The molecule has 1 aliphatic rings. The normalized spacial score (nSPS) is 17.1. The lowest BCUT2D eigenvalue weighted by Crippen LogP contribution is -2.35. The lowest BCUT2D eigenvalue weighted by atomic mass is 9.89. The van der Waals surface area contributed by atoms with Crippen LogP contribution >= 0.6 is 0 Å². The fourth-order valence-corrected chi connectivity index (χ4v) is 2.60. The van der Waals surface area contributed by atoms with Crippen molar-refractivity contribution in [1.82, 2.24) is 4.90 Å². The van der Waals surface area contributed by atoms with Crippen LogP contribution in [0.4, 0.5) is 0 Å². The number of carbonyl (C=O) groups is 1. The Hall–Kier alpha value is -0.610. The van der Waals surface area contributed by atoms with Crippen molar-refractivity contribution in [1.29, 1.82) is 0 Å². The fraction of sp³-hybridized carbons (Fsp3) is 0.929. The lowest BCUT2D eigenvalue weighted by molar-refractivity contribution is -0.141. The quantitative estimate of drug-likeness (QED) is 0.624. The summed E-state index contributed by atoms with van der Waals surface area (Å²) in [5.74, 6) is 0.675. The standard InChI is InChI=1S/C14H27NO3/c1-17-11-10-15(9-8-14(16)18-2)12-13-6-4-3-5-7-13/h13H,3-12H2,1-2H3. The monoisotopic (exact) mass is 257 g/mol. The molecule has 0 aromatic heterocycles. The highest BCUT2D eigenvalue weighted by atomic mass is 16.5. The van der Waals surface area contributed by atoms with Gasteiger partial charge in [-0.3, -0.25) is 4.79 Å². The second-order valence-corrected chi connectivity index (χ2v) is 5.12. The van der Waals surface area contributed by atoms with Gasteiger partial charge in [0.2, 0.25) is 0 Å². The second-order valence-electron chi connectivity index (χ2n) is 5.12. The van der Waals surface area contributed by atoms with Gasteiger partial charge in [-0.25, -0.2) is 0 Å². The van der Waals surface area contributed by atoms with Gasteiger partial charge in [-0.2, -0.15) is 0 Å². The van der Waals surface area contributed by atoms with E-state index in [2.05, 4.69) is 4.90 Å². The van der Waals surface area contributed by atoms with Crippen LogP contribution in [0.2, 0.25) is 0 Å². The van der Waals surface area contributed by atoms with Crippen LogP contribution in [0.5, 0.6) is 0 Å². The van der Waals surface area contributed by atoms with Crippen molar-refractivity contribution in [3.05, 3.63) is 0 Å². The molecule has 0 N–H and O–H groups in total. The van der Waals surface area contributed by atoms with Gasteiger partial charge in [-0.15, -0.1) is 0 Å². The largest absolute Gasteiger partial charge is 0.469 e. The zero-order valence-corrected chi connectivity index (χ0v) is 11.8. The number of methoxy groups -OCH3 is 2. The molecule has 0 atom stereocenters. The number of hydrogen-bond acceptors (Lipinski definition) is 4. The zero-order chi connectivity index (χ0) is 13.2. The van der Waals surface area contributed by atoms with Gasteiger partial charge in [0.05, 0.1) is 20.1 Å². The summed E-state index contributed by atoms with van der Waals surface area (Å²) in [6, 6.07) is 0. The van der Waals surface area contributed by atoms with E-state index in [1.54, 1.807) is 7.11 Å². The van der Waals surface area contributed by atoms with E-state index >= 15 is 0 Å². The topological polar surface area (TPSA) is 38.8 Å². The Morgan fingerprint density at radius 3 is 2.50 bits per heavy atom. The van der Waals surface area contributed by atoms with Crippen LogP contribution in [-0.2, 0) is 14.3 Å². The molecule has 0 aliphatic heterocycles. The molecule has 1 fully saturated rings. The maximum absolute atomic E-state index is 11.2. The number of esters is 1. The van der Waals surface area contributed by atoms with Crippen molar-refractivity contribution in [3.8, 4) is 0 Å². The van der Waals surface area contributed by atoms with Crippen LogP contribution in [0.25, 0.3) is 0 Å². The first-order chi connectivity index (χ1) is 8.76. The summed E-state index contributed by atoms with van der Waals surface area (Å²) in [5, 5.41) is 0. The van der Waals surface area contributed by atoms with Crippen LogP contribution < -0.4 is 0 Å². The van der Waals surface area contributed by atoms with Crippen molar-refractivity contribution in [2.24, 2.45) is 5.92 Å². The van der Waals surface area contributed by atoms with E-state index in [4.69, 9.17) is 9.47 Å². The van der Waals surface area contributed by atoms with Crippen molar-refractivity contribution in [2.45, 2.75) is 38.5 Å². The van der Waals surface area contributed by atoms with Crippen LogP contribution in [0.15, 0.2) is 0 Å². The van der Waals surface area contributed by atoms with E-state index in [0.29, 0.717) is 6.42 Å². The van der Waals surface area contributed by atoms with Crippen molar-refractivity contribution in [3.63, 3.8) is 0 Å². The number of ether oxygens (including phenoxy) is 2. The second kappa shape index (κ2) is 9.34. The van der Waals surface area contributed by atoms with E-state index in [0.717, 1.165) is 32.2 Å². The number of hydrogen-bond donors (Lipinski definition) is 0. The van der Waals surface area contributed by atoms with E-state index in [1.807, 2.05) is 0 Å². The lowest BCUT2D eigenvalue weighted by Gasteiger charge is -2.29. The molecule has 0 saturated heterocycles. The number of nitrogens with zero attached hydrogens (tertiary/aromatic N) is 1. The highest BCUT2D eigenvalue weighted by molar-refractivity contribution is 5.69. The molecule has 0 spiro atoms. The van der Waals surface area contributed by atoms with Crippen LogP contribution in [0.3, 0.4) is 0 Å². The van der Waals surface area contributed by atoms with Crippen molar-refractivity contribution in [2.75, 3.05) is 40.5 Å². The summed E-state index contributed by atoms with van der Waals surface area (Å²) in [5.41, 5.74) is 0. The highest BCUT2D eigenvalue weighted by Gasteiger charge is 2.17. The van der Waals surface area contributed by atoms with Gasteiger partial charge < -0.3 is 14.4 Å². The van der Waals surface area contributed by atoms with Gasteiger partial charge >= 0.3 is 5.97 Å². The Morgan fingerprint density at radius 1 is 1.17 bits per heavy atom. The molecular weight excluding hydrogens is 230 g/mol. The highest BCUT2D eigenvalue weighted by Crippen LogP contribution is 2.24. The molecule has 4 heteroatoms. The zero-order valence-electron chi connectivity index (χ0n) is 11.8. The van der Waals surface area contributed by atoms with Crippen molar-refractivity contribution < 1.29 is 14.3 Å². The molecule has 0 aromatic carbocycles. The predicted octanol–water partition coefficient (Wildman–Crippen LogP) is 2.08. The molecular formula is C14H27NO3. The van der Waals surface area contributed by atoms with Crippen LogP contribution in [0, 0.1) is 5.92 Å². The Morgan fingerprint density at radius 2 is 1.89 bits per heavy atom. The minimum absolute atomic E-state index is 0.124. The molecule has 0 radical (unpaired) electrons. The minimum atomic E-state index is -0.124. The van der Waals surface area contributed by atoms with Gasteiger partial charge in [0.1, 0.15) is 0 Å². The third-order valence-electron chi connectivity index (χ3n) is 3.71. The molecule has 106 valence electrons. The molecule has 1 rings (SSSR count). The molecule has 1 aliphatic carbocycles. The Bertz CT molecular complexity index is 227. The molecule has 4 nitrogen and oxygen atoms in total. The molecule has 0 heterocycles. The van der Waals surface area contributed by atoms with Gasteiger partial charge in [-0.05, 0) is 18.8 Å². The molecule has 18 heavy (non-hydrogen) atoms. The fourth-order valence-electron chi connectivity index (χ4n) is 2.60.